The van der Waals surface area contributed by atoms with E-state index in [0.29, 0.717) is 6.04 Å². The maximum atomic E-state index is 13.0. The number of carbonyl (C=O) groups excluding carboxylic acids is 1. The second-order valence-corrected chi connectivity index (χ2v) is 7.12. The quantitative estimate of drug-likeness (QED) is 0.698. The molecule has 2 aromatic rings. The minimum Gasteiger partial charge on any atom is -0.329 e. The first-order chi connectivity index (χ1) is 12.6. The molecule has 0 aromatic heterocycles. The zero-order valence-electron chi connectivity index (χ0n) is 15.5. The van der Waals surface area contributed by atoms with Crippen LogP contribution in [0.5, 0.6) is 0 Å². The first kappa shape index (κ1) is 18.2. The van der Waals surface area contributed by atoms with Crippen LogP contribution in [0.4, 0.5) is 0 Å². The van der Waals surface area contributed by atoms with Crippen LogP contribution in [0.15, 0.2) is 72.4 Å². The molecule has 1 heterocycles. The maximum Gasteiger partial charge on any atom is 0.250 e. The van der Waals surface area contributed by atoms with Gasteiger partial charge in [0.2, 0.25) is 5.91 Å². The van der Waals surface area contributed by atoms with E-state index >= 15 is 0 Å². The molecule has 1 unspecified atom stereocenters. The van der Waals surface area contributed by atoms with Crippen molar-refractivity contribution in [3.63, 3.8) is 0 Å². The van der Waals surface area contributed by atoms with Gasteiger partial charge in [0, 0.05) is 12.1 Å². The van der Waals surface area contributed by atoms with Crippen molar-refractivity contribution in [2.75, 3.05) is 13.1 Å². The van der Waals surface area contributed by atoms with Gasteiger partial charge in [-0.2, -0.15) is 0 Å². The fraction of sp³-hybridized carbons (Fsp3) is 0.318. The van der Waals surface area contributed by atoms with Gasteiger partial charge in [-0.25, -0.2) is 0 Å². The fourth-order valence-corrected chi connectivity index (χ4v) is 3.39. The summed E-state index contributed by atoms with van der Waals surface area (Å²) in [7, 11) is 0. The molecule has 0 radical (unpaired) electrons. The van der Waals surface area contributed by atoms with Crippen molar-refractivity contribution in [2.45, 2.75) is 32.2 Å². The molecule has 4 heteroatoms. The summed E-state index contributed by atoms with van der Waals surface area (Å²) >= 11 is 0. The summed E-state index contributed by atoms with van der Waals surface area (Å²) in [4.78, 5) is 14.5. The van der Waals surface area contributed by atoms with Crippen molar-refractivity contribution in [2.24, 2.45) is 0 Å². The molecule has 1 atom stereocenters. The maximum absolute atomic E-state index is 13.0. The molecule has 1 aliphatic heterocycles. The van der Waals surface area contributed by atoms with E-state index in [-0.39, 0.29) is 11.8 Å². The van der Waals surface area contributed by atoms with Crippen molar-refractivity contribution in [3.8, 4) is 0 Å². The van der Waals surface area contributed by atoms with Gasteiger partial charge in [-0.15, -0.1) is 0 Å². The van der Waals surface area contributed by atoms with Crippen LogP contribution in [0.25, 0.3) is 0 Å². The van der Waals surface area contributed by atoms with Crippen LogP contribution in [0.1, 0.15) is 37.3 Å². The number of quaternary nitrogens is 1. The molecule has 3 N–H and O–H groups in total. The summed E-state index contributed by atoms with van der Waals surface area (Å²) in [5, 5.41) is 0. The van der Waals surface area contributed by atoms with E-state index in [1.807, 2.05) is 60.7 Å². The third-order valence-corrected chi connectivity index (χ3v) is 5.02. The molecule has 0 aliphatic carbocycles. The highest BCUT2D eigenvalue weighted by Gasteiger charge is 2.23. The van der Waals surface area contributed by atoms with E-state index in [2.05, 4.69) is 30.8 Å². The first-order valence-electron chi connectivity index (χ1n) is 9.34. The van der Waals surface area contributed by atoms with Crippen molar-refractivity contribution in [1.82, 2.24) is 10.9 Å². The summed E-state index contributed by atoms with van der Waals surface area (Å²) in [6.45, 7) is 6.57. The van der Waals surface area contributed by atoms with Crippen LogP contribution >= 0.6 is 0 Å². The van der Waals surface area contributed by atoms with Gasteiger partial charge < -0.3 is 10.3 Å². The summed E-state index contributed by atoms with van der Waals surface area (Å²) in [6, 6.07) is 20.5. The number of amides is 1. The predicted octanol–water partition coefficient (Wildman–Crippen LogP) is 2.02. The lowest BCUT2D eigenvalue weighted by Gasteiger charge is -2.27. The van der Waals surface area contributed by atoms with Crippen molar-refractivity contribution in [3.05, 3.63) is 83.6 Å². The van der Waals surface area contributed by atoms with Crippen molar-refractivity contribution < 1.29 is 9.69 Å². The first-order valence-corrected chi connectivity index (χ1v) is 9.34. The van der Waals surface area contributed by atoms with E-state index in [1.54, 1.807) is 4.90 Å². The molecule has 4 nitrogen and oxygen atoms in total. The molecule has 1 aliphatic rings. The SMILES string of the molecule is CC(C)[NH+]1CC=C(NNC(=O)C(c2ccccc2)c2ccccc2)CC1. The average molecular weight is 350 g/mol. The Kier molecular flexibility index (Phi) is 6.08. The number of hydrazine groups is 1. The number of hydrogen-bond acceptors (Lipinski definition) is 2. The topological polar surface area (TPSA) is 45.6 Å². The molecule has 3 rings (SSSR count). The van der Waals surface area contributed by atoms with Gasteiger partial charge in [0.15, 0.2) is 0 Å². The van der Waals surface area contributed by atoms with Gasteiger partial charge in [-0.1, -0.05) is 60.7 Å². The van der Waals surface area contributed by atoms with E-state index in [9.17, 15) is 4.79 Å². The second-order valence-electron chi connectivity index (χ2n) is 7.12. The van der Waals surface area contributed by atoms with E-state index < -0.39 is 0 Å². The molecule has 26 heavy (non-hydrogen) atoms. The van der Waals surface area contributed by atoms with Gasteiger partial charge in [0.25, 0.3) is 0 Å². The molecule has 0 saturated heterocycles. The van der Waals surface area contributed by atoms with E-state index in [4.69, 9.17) is 0 Å². The Balaban J connectivity index is 1.69. The van der Waals surface area contributed by atoms with Crippen LogP contribution in [-0.2, 0) is 4.79 Å². The van der Waals surface area contributed by atoms with Crippen LogP contribution in [0.3, 0.4) is 0 Å². The summed E-state index contributed by atoms with van der Waals surface area (Å²) in [5.74, 6) is -0.367. The predicted molar refractivity (Wildman–Crippen MR) is 105 cm³/mol. The number of nitrogens with one attached hydrogen (secondary N) is 3. The normalized spacial score (nSPS) is 17.1. The number of hydrogen-bond donors (Lipinski definition) is 3. The van der Waals surface area contributed by atoms with Crippen LogP contribution < -0.4 is 15.8 Å². The molecule has 2 aromatic carbocycles. The Morgan fingerprint density at radius 3 is 2.00 bits per heavy atom. The largest absolute Gasteiger partial charge is 0.329 e. The highest BCUT2D eigenvalue weighted by atomic mass is 16.2. The molecule has 0 spiro atoms. The molecule has 0 saturated carbocycles. The fourth-order valence-electron chi connectivity index (χ4n) is 3.39. The Bertz CT molecular complexity index is 701. The number of rotatable bonds is 6. The van der Waals surface area contributed by atoms with Gasteiger partial charge in [-0.05, 0) is 31.1 Å². The third-order valence-electron chi connectivity index (χ3n) is 5.02. The molecule has 0 bridgehead atoms. The van der Waals surface area contributed by atoms with Crippen LogP contribution in [0.2, 0.25) is 0 Å². The van der Waals surface area contributed by atoms with Crippen molar-refractivity contribution in [1.29, 1.82) is 0 Å². The van der Waals surface area contributed by atoms with Crippen LogP contribution in [-0.4, -0.2) is 25.0 Å². The molecule has 1 amide bonds. The van der Waals surface area contributed by atoms with Gasteiger partial charge in [0.05, 0.1) is 25.0 Å². The Labute approximate surface area is 155 Å². The van der Waals surface area contributed by atoms with Gasteiger partial charge >= 0.3 is 0 Å². The Morgan fingerprint density at radius 2 is 1.54 bits per heavy atom. The zero-order valence-corrected chi connectivity index (χ0v) is 15.5. The smallest absolute Gasteiger partial charge is 0.250 e. The molecule has 0 fully saturated rings. The zero-order chi connectivity index (χ0) is 18.4. The number of benzene rings is 2. The highest BCUT2D eigenvalue weighted by Crippen LogP contribution is 2.24. The second kappa shape index (κ2) is 8.68. The summed E-state index contributed by atoms with van der Waals surface area (Å²) in [5.41, 5.74) is 9.16. The Hall–Kier alpha value is -2.59. The summed E-state index contributed by atoms with van der Waals surface area (Å²) in [6.07, 6.45) is 3.15. The van der Waals surface area contributed by atoms with E-state index in [0.717, 1.165) is 36.3 Å². The van der Waals surface area contributed by atoms with E-state index in [1.165, 1.54) is 0 Å². The minimum absolute atomic E-state index is 0.0399. The number of carbonyl (C=O) groups is 1. The highest BCUT2D eigenvalue weighted by molar-refractivity contribution is 5.86. The third kappa shape index (κ3) is 4.52. The van der Waals surface area contributed by atoms with Crippen LogP contribution in [0, 0.1) is 0 Å². The molecular formula is C22H28N3O+. The lowest BCUT2D eigenvalue weighted by molar-refractivity contribution is -0.917. The lowest BCUT2D eigenvalue weighted by Crippen LogP contribution is -3.15. The monoisotopic (exact) mass is 350 g/mol. The van der Waals surface area contributed by atoms with Gasteiger partial charge in [-0.3, -0.25) is 10.2 Å². The van der Waals surface area contributed by atoms with Gasteiger partial charge in [0.1, 0.15) is 0 Å². The lowest BCUT2D eigenvalue weighted by atomic mass is 9.91. The average Bonchev–Trinajstić information content (AvgIpc) is 2.68. The summed E-state index contributed by atoms with van der Waals surface area (Å²) < 4.78 is 0. The molecular weight excluding hydrogens is 322 g/mol. The Morgan fingerprint density at radius 1 is 0.962 bits per heavy atom. The standard InChI is InChI=1S/C22H27N3O/c1-17(2)25-15-13-20(14-16-25)23-24-22(26)21(18-9-5-3-6-10-18)19-11-7-4-8-12-19/h3-13,17,21,23H,14-16H2,1-2H3,(H,24,26)/p+1. The molecule has 136 valence electrons. The minimum atomic E-state index is -0.327. The van der Waals surface area contributed by atoms with Crippen molar-refractivity contribution >= 4 is 5.91 Å².